The average molecular weight is 431 g/mol. The van der Waals surface area contributed by atoms with Crippen LogP contribution in [0.25, 0.3) is 6.08 Å². The van der Waals surface area contributed by atoms with Crippen LogP contribution in [0.2, 0.25) is 0 Å². The van der Waals surface area contributed by atoms with Crippen molar-refractivity contribution in [2.45, 2.75) is 6.42 Å². The summed E-state index contributed by atoms with van der Waals surface area (Å²) in [4.78, 5) is 25.2. The van der Waals surface area contributed by atoms with Crippen LogP contribution < -0.4 is 9.47 Å². The van der Waals surface area contributed by atoms with Crippen LogP contribution >= 0.6 is 24.0 Å². The fourth-order valence-corrected chi connectivity index (χ4v) is 4.16. The number of hydrogen-bond acceptors (Lipinski definition) is 7. The molecule has 1 heterocycles. The molecule has 0 bridgehead atoms. The summed E-state index contributed by atoms with van der Waals surface area (Å²) in [6.45, 7) is 0.423. The van der Waals surface area contributed by atoms with Crippen molar-refractivity contribution in [3.63, 3.8) is 0 Å². The standard InChI is InChI=1S/C20H18N2O5S2/c1-26-16-7-6-13(11-17(16)27-2)8-9-21-19(23)18(29-20(21)28)12-14-4-3-5-15(10-14)22(24)25/h3-7,10-12H,8-9H2,1-2H3. The van der Waals surface area contributed by atoms with E-state index in [1.54, 1.807) is 37.3 Å². The van der Waals surface area contributed by atoms with E-state index in [0.29, 0.717) is 39.3 Å². The van der Waals surface area contributed by atoms with E-state index in [1.165, 1.54) is 23.9 Å². The van der Waals surface area contributed by atoms with Gasteiger partial charge in [-0.25, -0.2) is 0 Å². The van der Waals surface area contributed by atoms with Gasteiger partial charge in [0.1, 0.15) is 4.32 Å². The van der Waals surface area contributed by atoms with Gasteiger partial charge in [-0.3, -0.25) is 19.8 Å². The van der Waals surface area contributed by atoms with Crippen LogP contribution in [0.3, 0.4) is 0 Å². The van der Waals surface area contributed by atoms with E-state index in [4.69, 9.17) is 21.7 Å². The number of benzene rings is 2. The molecule has 0 spiro atoms. The van der Waals surface area contributed by atoms with Gasteiger partial charge in [0.25, 0.3) is 11.6 Å². The minimum atomic E-state index is -0.467. The molecule has 1 amide bonds. The molecule has 29 heavy (non-hydrogen) atoms. The largest absolute Gasteiger partial charge is 0.493 e. The summed E-state index contributed by atoms with van der Waals surface area (Å²) >= 11 is 6.55. The summed E-state index contributed by atoms with van der Waals surface area (Å²) in [5.74, 6) is 1.06. The summed E-state index contributed by atoms with van der Waals surface area (Å²) < 4.78 is 11.0. The smallest absolute Gasteiger partial charge is 0.270 e. The number of rotatable bonds is 7. The minimum Gasteiger partial charge on any atom is -0.493 e. The first-order valence-corrected chi connectivity index (χ1v) is 9.86. The van der Waals surface area contributed by atoms with Crippen molar-refractivity contribution in [3.05, 3.63) is 68.6 Å². The zero-order chi connectivity index (χ0) is 21.0. The maximum absolute atomic E-state index is 12.8. The molecule has 0 aliphatic carbocycles. The van der Waals surface area contributed by atoms with Gasteiger partial charge in [-0.15, -0.1) is 0 Å². The van der Waals surface area contributed by atoms with Gasteiger partial charge in [0.2, 0.25) is 0 Å². The molecule has 0 radical (unpaired) electrons. The highest BCUT2D eigenvalue weighted by Gasteiger charge is 2.31. The van der Waals surface area contributed by atoms with Gasteiger partial charge >= 0.3 is 0 Å². The van der Waals surface area contributed by atoms with Gasteiger partial charge in [-0.1, -0.05) is 42.2 Å². The molecule has 0 saturated carbocycles. The van der Waals surface area contributed by atoms with Crippen molar-refractivity contribution in [2.75, 3.05) is 20.8 Å². The van der Waals surface area contributed by atoms with Crippen LogP contribution in [-0.4, -0.2) is 40.8 Å². The quantitative estimate of drug-likeness (QED) is 0.284. The van der Waals surface area contributed by atoms with Crippen LogP contribution in [0.15, 0.2) is 47.4 Å². The van der Waals surface area contributed by atoms with E-state index in [9.17, 15) is 14.9 Å². The maximum Gasteiger partial charge on any atom is 0.270 e. The van der Waals surface area contributed by atoms with E-state index in [1.807, 2.05) is 18.2 Å². The second-order valence-corrected chi connectivity index (χ2v) is 7.80. The predicted octanol–water partition coefficient (Wildman–Crippen LogP) is 4.06. The number of carbonyl (C=O) groups excluding carboxylic acids is 1. The second-order valence-electron chi connectivity index (χ2n) is 6.12. The third-order valence-corrected chi connectivity index (χ3v) is 5.70. The molecule has 1 fully saturated rings. The van der Waals surface area contributed by atoms with Crippen LogP contribution in [0, 0.1) is 10.1 Å². The van der Waals surface area contributed by atoms with E-state index in [0.717, 1.165) is 5.56 Å². The van der Waals surface area contributed by atoms with Crippen molar-refractivity contribution in [1.82, 2.24) is 4.90 Å². The van der Waals surface area contributed by atoms with Crippen LogP contribution in [0.4, 0.5) is 5.69 Å². The zero-order valence-corrected chi connectivity index (χ0v) is 17.4. The lowest BCUT2D eigenvalue weighted by atomic mass is 10.1. The second kappa shape index (κ2) is 9.06. The topological polar surface area (TPSA) is 81.9 Å². The molecule has 9 heteroatoms. The summed E-state index contributed by atoms with van der Waals surface area (Å²) in [6.07, 6.45) is 2.22. The molecule has 3 rings (SSSR count). The average Bonchev–Trinajstić information content (AvgIpc) is 2.98. The van der Waals surface area contributed by atoms with E-state index in [-0.39, 0.29) is 11.6 Å². The molecule has 2 aromatic carbocycles. The SMILES string of the molecule is COc1ccc(CCN2C(=O)C(=Cc3cccc([N+](=O)[O-])c3)SC2=S)cc1OC. The summed E-state index contributed by atoms with van der Waals surface area (Å²) in [5.41, 5.74) is 1.54. The lowest BCUT2D eigenvalue weighted by molar-refractivity contribution is -0.384. The molecule has 2 aromatic rings. The van der Waals surface area contributed by atoms with Crippen molar-refractivity contribution in [3.8, 4) is 11.5 Å². The first-order valence-electron chi connectivity index (χ1n) is 8.63. The number of ether oxygens (including phenoxy) is 2. The number of thiocarbonyl (C=S) groups is 1. The van der Waals surface area contributed by atoms with Crippen LogP contribution in [-0.2, 0) is 11.2 Å². The third kappa shape index (κ3) is 4.75. The summed E-state index contributed by atoms with van der Waals surface area (Å²) in [5, 5.41) is 10.9. The number of nitro benzene ring substituents is 1. The molecule has 7 nitrogen and oxygen atoms in total. The first-order chi connectivity index (χ1) is 13.9. The Morgan fingerprint density at radius 3 is 2.62 bits per heavy atom. The van der Waals surface area contributed by atoms with Crippen LogP contribution in [0.1, 0.15) is 11.1 Å². The molecule has 0 atom stereocenters. The van der Waals surface area contributed by atoms with Crippen molar-refractivity contribution < 1.29 is 19.2 Å². The zero-order valence-electron chi connectivity index (χ0n) is 15.8. The lowest BCUT2D eigenvalue weighted by Crippen LogP contribution is -2.30. The number of carbonyl (C=O) groups is 1. The normalized spacial score (nSPS) is 15.1. The van der Waals surface area contributed by atoms with Crippen molar-refractivity contribution >= 4 is 46.0 Å². The Morgan fingerprint density at radius 2 is 1.93 bits per heavy atom. The number of non-ortho nitro benzene ring substituents is 1. The molecule has 1 aliphatic rings. The van der Waals surface area contributed by atoms with Crippen LogP contribution in [0.5, 0.6) is 11.5 Å². The molecule has 150 valence electrons. The molecule has 0 aromatic heterocycles. The van der Waals surface area contributed by atoms with Gasteiger partial charge in [0.15, 0.2) is 11.5 Å². The molecule has 1 aliphatic heterocycles. The Morgan fingerprint density at radius 1 is 1.17 bits per heavy atom. The molecular formula is C20H18N2O5S2. The van der Waals surface area contributed by atoms with E-state index in [2.05, 4.69) is 0 Å². The van der Waals surface area contributed by atoms with Gasteiger partial charge in [-0.2, -0.15) is 0 Å². The molecule has 1 saturated heterocycles. The number of methoxy groups -OCH3 is 2. The monoisotopic (exact) mass is 430 g/mol. The Bertz CT molecular complexity index is 1010. The Kier molecular flexibility index (Phi) is 6.50. The molecular weight excluding hydrogens is 412 g/mol. The number of nitro groups is 1. The highest BCUT2D eigenvalue weighted by molar-refractivity contribution is 8.26. The lowest BCUT2D eigenvalue weighted by Gasteiger charge is -2.15. The highest BCUT2D eigenvalue weighted by Crippen LogP contribution is 2.33. The highest BCUT2D eigenvalue weighted by atomic mass is 32.2. The van der Waals surface area contributed by atoms with Gasteiger partial charge < -0.3 is 9.47 Å². The molecule has 0 unspecified atom stereocenters. The number of amides is 1. The third-order valence-electron chi connectivity index (χ3n) is 4.32. The van der Waals surface area contributed by atoms with Crippen molar-refractivity contribution in [2.24, 2.45) is 0 Å². The minimum absolute atomic E-state index is 0.0253. The number of nitrogens with zero attached hydrogens (tertiary/aromatic N) is 2. The maximum atomic E-state index is 12.8. The fraction of sp³-hybridized carbons (Fsp3) is 0.200. The number of thioether (sulfide) groups is 1. The summed E-state index contributed by atoms with van der Waals surface area (Å²) in [7, 11) is 3.15. The Hall–Kier alpha value is -2.91. The fourth-order valence-electron chi connectivity index (χ4n) is 2.85. The Balaban J connectivity index is 1.72. The van der Waals surface area contributed by atoms with Gasteiger partial charge in [0.05, 0.1) is 24.0 Å². The predicted molar refractivity (Wildman–Crippen MR) is 116 cm³/mol. The van der Waals surface area contributed by atoms with Gasteiger partial charge in [-0.05, 0) is 35.8 Å². The van der Waals surface area contributed by atoms with Gasteiger partial charge in [0, 0.05) is 18.7 Å². The molecule has 0 N–H and O–H groups in total. The Labute approximate surface area is 177 Å². The summed E-state index contributed by atoms with van der Waals surface area (Å²) in [6, 6.07) is 11.7. The number of hydrogen-bond donors (Lipinski definition) is 0. The van der Waals surface area contributed by atoms with Crippen molar-refractivity contribution in [1.29, 1.82) is 0 Å². The van der Waals surface area contributed by atoms with E-state index < -0.39 is 4.92 Å². The van der Waals surface area contributed by atoms with E-state index >= 15 is 0 Å². The first kappa shape index (κ1) is 20.8.